The van der Waals surface area contributed by atoms with Crippen LogP contribution in [0.15, 0.2) is 12.4 Å². The normalized spacial score (nSPS) is 22.2. The third kappa shape index (κ3) is 1.85. The fourth-order valence-corrected chi connectivity index (χ4v) is 1.68. The van der Waals surface area contributed by atoms with Crippen molar-refractivity contribution in [1.82, 2.24) is 9.78 Å². The van der Waals surface area contributed by atoms with Crippen LogP contribution in [0.25, 0.3) is 0 Å². The lowest BCUT2D eigenvalue weighted by atomic mass is 10.0. The van der Waals surface area contributed by atoms with Crippen molar-refractivity contribution >= 4 is 5.78 Å². The van der Waals surface area contributed by atoms with Gasteiger partial charge in [-0.2, -0.15) is 5.10 Å². The first-order valence-electron chi connectivity index (χ1n) is 4.92. The number of hydrogen-bond acceptors (Lipinski definition) is 3. The summed E-state index contributed by atoms with van der Waals surface area (Å²) in [5.41, 5.74) is 0.652. The molecule has 1 aliphatic rings. The number of Topliss-reactive ketones (excluding diaryl/α,β-unsaturated/α-hetero) is 1. The van der Waals surface area contributed by atoms with E-state index in [4.69, 9.17) is 4.74 Å². The van der Waals surface area contributed by atoms with Crippen molar-refractivity contribution in [2.75, 3.05) is 6.61 Å². The Balaban J connectivity index is 2.07. The quantitative estimate of drug-likeness (QED) is 0.664. The van der Waals surface area contributed by atoms with Crippen molar-refractivity contribution in [1.29, 1.82) is 0 Å². The summed E-state index contributed by atoms with van der Waals surface area (Å²) in [6.45, 7) is 0.705. The van der Waals surface area contributed by atoms with E-state index >= 15 is 0 Å². The molecule has 2 rings (SSSR count). The summed E-state index contributed by atoms with van der Waals surface area (Å²) in [6.07, 6.45) is 6.08. The molecule has 0 aromatic carbocycles. The molecule has 2 heterocycles. The Morgan fingerprint density at radius 1 is 1.64 bits per heavy atom. The predicted molar refractivity (Wildman–Crippen MR) is 51.1 cm³/mol. The molecular formula is C10H14N2O2. The van der Waals surface area contributed by atoms with Crippen molar-refractivity contribution < 1.29 is 9.53 Å². The van der Waals surface area contributed by atoms with Gasteiger partial charge >= 0.3 is 0 Å². The maximum atomic E-state index is 11.8. The van der Waals surface area contributed by atoms with Gasteiger partial charge in [0.2, 0.25) is 0 Å². The highest BCUT2D eigenvalue weighted by molar-refractivity contribution is 5.99. The molecule has 76 valence electrons. The molecule has 0 amide bonds. The molecule has 1 unspecified atom stereocenters. The van der Waals surface area contributed by atoms with Gasteiger partial charge in [-0.25, -0.2) is 0 Å². The van der Waals surface area contributed by atoms with Gasteiger partial charge in [0.25, 0.3) is 0 Å². The molecule has 0 saturated carbocycles. The van der Waals surface area contributed by atoms with Crippen molar-refractivity contribution in [3.05, 3.63) is 18.0 Å². The smallest absolute Gasteiger partial charge is 0.194 e. The SMILES string of the molecule is Cn1cc(C(=O)C2CCCCO2)cn1. The number of rotatable bonds is 2. The van der Waals surface area contributed by atoms with E-state index in [2.05, 4.69) is 5.10 Å². The fourth-order valence-electron chi connectivity index (χ4n) is 1.68. The van der Waals surface area contributed by atoms with Crippen molar-refractivity contribution in [3.63, 3.8) is 0 Å². The van der Waals surface area contributed by atoms with Gasteiger partial charge in [-0.15, -0.1) is 0 Å². The maximum Gasteiger partial charge on any atom is 0.194 e. The van der Waals surface area contributed by atoms with Gasteiger partial charge < -0.3 is 4.74 Å². The van der Waals surface area contributed by atoms with Crippen LogP contribution in [-0.4, -0.2) is 28.3 Å². The van der Waals surface area contributed by atoms with Crippen molar-refractivity contribution in [2.45, 2.75) is 25.4 Å². The summed E-state index contributed by atoms with van der Waals surface area (Å²) in [4.78, 5) is 11.8. The number of nitrogens with zero attached hydrogens (tertiary/aromatic N) is 2. The van der Waals surface area contributed by atoms with E-state index in [1.54, 1.807) is 24.1 Å². The average Bonchev–Trinajstić information content (AvgIpc) is 2.65. The molecule has 0 N–H and O–H groups in total. The lowest BCUT2D eigenvalue weighted by Crippen LogP contribution is -2.27. The minimum atomic E-state index is -0.243. The summed E-state index contributed by atoms with van der Waals surface area (Å²) in [7, 11) is 1.80. The zero-order valence-corrected chi connectivity index (χ0v) is 8.27. The van der Waals surface area contributed by atoms with E-state index in [9.17, 15) is 4.79 Å². The van der Waals surface area contributed by atoms with Gasteiger partial charge in [0, 0.05) is 19.9 Å². The van der Waals surface area contributed by atoms with E-state index in [1.807, 2.05) is 0 Å². The third-order valence-electron chi connectivity index (χ3n) is 2.46. The van der Waals surface area contributed by atoms with E-state index in [-0.39, 0.29) is 11.9 Å². The highest BCUT2D eigenvalue weighted by Gasteiger charge is 2.23. The first kappa shape index (κ1) is 9.40. The minimum absolute atomic E-state index is 0.0674. The molecule has 1 aliphatic heterocycles. The molecule has 1 aromatic heterocycles. The van der Waals surface area contributed by atoms with Crippen LogP contribution in [0.1, 0.15) is 29.6 Å². The topological polar surface area (TPSA) is 44.1 Å². The molecule has 1 fully saturated rings. The van der Waals surface area contributed by atoms with Gasteiger partial charge in [0.15, 0.2) is 5.78 Å². The summed E-state index contributed by atoms with van der Waals surface area (Å²) >= 11 is 0. The van der Waals surface area contributed by atoms with E-state index in [0.717, 1.165) is 19.3 Å². The number of ether oxygens (including phenoxy) is 1. The Hall–Kier alpha value is -1.16. The molecule has 4 nitrogen and oxygen atoms in total. The lowest BCUT2D eigenvalue weighted by molar-refractivity contribution is 0.0186. The zero-order valence-electron chi connectivity index (χ0n) is 8.27. The monoisotopic (exact) mass is 194 g/mol. The van der Waals surface area contributed by atoms with Crippen molar-refractivity contribution in [3.8, 4) is 0 Å². The molecular weight excluding hydrogens is 180 g/mol. The van der Waals surface area contributed by atoms with Gasteiger partial charge in [-0.1, -0.05) is 0 Å². The Morgan fingerprint density at radius 3 is 3.07 bits per heavy atom. The second-order valence-corrected chi connectivity index (χ2v) is 3.62. The second-order valence-electron chi connectivity index (χ2n) is 3.62. The summed E-state index contributed by atoms with van der Waals surface area (Å²) in [5, 5.41) is 3.97. The first-order chi connectivity index (χ1) is 6.77. The number of aryl methyl sites for hydroxylation is 1. The molecule has 0 radical (unpaired) electrons. The van der Waals surface area contributed by atoms with Crippen LogP contribution in [0.4, 0.5) is 0 Å². The van der Waals surface area contributed by atoms with Crippen LogP contribution in [0.3, 0.4) is 0 Å². The zero-order chi connectivity index (χ0) is 9.97. The molecule has 0 bridgehead atoms. The molecule has 1 saturated heterocycles. The highest BCUT2D eigenvalue weighted by Crippen LogP contribution is 2.16. The van der Waals surface area contributed by atoms with Crippen LogP contribution in [0.5, 0.6) is 0 Å². The standard InChI is InChI=1S/C10H14N2O2/c1-12-7-8(6-11-12)10(13)9-4-2-3-5-14-9/h6-7,9H,2-5H2,1H3. The number of aromatic nitrogens is 2. The Morgan fingerprint density at radius 2 is 2.50 bits per heavy atom. The summed E-state index contributed by atoms with van der Waals surface area (Å²) in [6, 6.07) is 0. The summed E-state index contributed by atoms with van der Waals surface area (Å²) < 4.78 is 7.05. The Bertz CT molecular complexity index is 327. The summed E-state index contributed by atoms with van der Waals surface area (Å²) in [5.74, 6) is 0.0674. The molecule has 1 atom stereocenters. The van der Waals surface area contributed by atoms with Crippen LogP contribution in [-0.2, 0) is 11.8 Å². The Kier molecular flexibility index (Phi) is 2.63. The molecule has 14 heavy (non-hydrogen) atoms. The van der Waals surface area contributed by atoms with E-state index in [0.29, 0.717) is 12.2 Å². The number of carbonyl (C=O) groups excluding carboxylic acids is 1. The van der Waals surface area contributed by atoms with Crippen LogP contribution in [0, 0.1) is 0 Å². The minimum Gasteiger partial charge on any atom is -0.370 e. The lowest BCUT2D eigenvalue weighted by Gasteiger charge is -2.20. The number of carbonyl (C=O) groups is 1. The van der Waals surface area contributed by atoms with Crippen molar-refractivity contribution in [2.24, 2.45) is 7.05 Å². The highest BCUT2D eigenvalue weighted by atomic mass is 16.5. The molecule has 0 spiro atoms. The van der Waals surface area contributed by atoms with E-state index < -0.39 is 0 Å². The fraction of sp³-hybridized carbons (Fsp3) is 0.600. The van der Waals surface area contributed by atoms with E-state index in [1.165, 1.54) is 0 Å². The van der Waals surface area contributed by atoms with Gasteiger partial charge in [0.1, 0.15) is 6.10 Å². The van der Waals surface area contributed by atoms with Gasteiger partial charge in [-0.05, 0) is 19.3 Å². The number of ketones is 1. The van der Waals surface area contributed by atoms with Gasteiger partial charge in [-0.3, -0.25) is 9.48 Å². The van der Waals surface area contributed by atoms with Crippen LogP contribution in [0.2, 0.25) is 0 Å². The predicted octanol–water partition coefficient (Wildman–Crippen LogP) is 1.17. The average molecular weight is 194 g/mol. The first-order valence-corrected chi connectivity index (χ1v) is 4.92. The van der Waals surface area contributed by atoms with Gasteiger partial charge in [0.05, 0.1) is 11.8 Å². The molecule has 1 aromatic rings. The second kappa shape index (κ2) is 3.92. The largest absolute Gasteiger partial charge is 0.370 e. The Labute approximate surface area is 82.9 Å². The molecule has 4 heteroatoms. The third-order valence-corrected chi connectivity index (χ3v) is 2.46. The van der Waals surface area contributed by atoms with Crippen LogP contribution < -0.4 is 0 Å². The molecule has 0 aliphatic carbocycles. The van der Waals surface area contributed by atoms with Crippen LogP contribution >= 0.6 is 0 Å². The number of hydrogen-bond donors (Lipinski definition) is 0. The maximum absolute atomic E-state index is 11.8.